The van der Waals surface area contributed by atoms with E-state index in [4.69, 9.17) is 10.5 Å². The minimum atomic E-state index is -0.322. The predicted molar refractivity (Wildman–Crippen MR) is 54.1 cm³/mol. The van der Waals surface area contributed by atoms with Crippen LogP contribution in [0.5, 0.6) is 5.75 Å². The average Bonchev–Trinajstić information content (AvgIpc) is 2.17. The molecule has 0 saturated heterocycles. The number of hydrogen-bond donors (Lipinski definition) is 1. The van der Waals surface area contributed by atoms with Crippen LogP contribution in [0.15, 0.2) is 24.3 Å². The molecule has 0 saturated carbocycles. The van der Waals surface area contributed by atoms with Gasteiger partial charge in [0, 0.05) is 5.56 Å². The number of thiocarbonyl (C=S) groups is 1. The third-order valence-electron chi connectivity index (χ3n) is 1.58. The number of hydrogen-bond acceptors (Lipinski definition) is 3. The van der Waals surface area contributed by atoms with Crippen LogP contribution in [0.25, 0.3) is 0 Å². The lowest BCUT2D eigenvalue weighted by Crippen LogP contribution is -2.20. The molecule has 2 N–H and O–H groups in total. The van der Waals surface area contributed by atoms with E-state index in [1.807, 2.05) is 0 Å². The van der Waals surface area contributed by atoms with E-state index in [1.165, 1.54) is 0 Å². The zero-order valence-corrected chi connectivity index (χ0v) is 7.93. The van der Waals surface area contributed by atoms with Crippen molar-refractivity contribution in [1.82, 2.24) is 0 Å². The van der Waals surface area contributed by atoms with Gasteiger partial charge in [0.15, 0.2) is 0 Å². The zero-order valence-electron chi connectivity index (χ0n) is 7.11. The van der Waals surface area contributed by atoms with Crippen molar-refractivity contribution < 1.29 is 9.53 Å². The first-order valence-corrected chi connectivity index (χ1v) is 4.04. The lowest BCUT2D eigenvalue weighted by atomic mass is 10.1. The zero-order chi connectivity index (χ0) is 9.84. The van der Waals surface area contributed by atoms with E-state index in [9.17, 15) is 4.79 Å². The van der Waals surface area contributed by atoms with Gasteiger partial charge in [-0.15, -0.1) is 0 Å². The largest absolute Gasteiger partial charge is 0.497 e. The number of rotatable bonds is 3. The van der Waals surface area contributed by atoms with Crippen molar-refractivity contribution in [3.05, 3.63) is 29.8 Å². The van der Waals surface area contributed by atoms with Gasteiger partial charge in [0.2, 0.25) is 5.78 Å². The molecule has 0 heterocycles. The Morgan fingerprint density at radius 3 is 2.31 bits per heavy atom. The molecule has 3 nitrogen and oxygen atoms in total. The van der Waals surface area contributed by atoms with Crippen LogP contribution in [-0.4, -0.2) is 17.9 Å². The molecule has 0 radical (unpaired) electrons. The number of carbonyl (C=O) groups excluding carboxylic acids is 1. The van der Waals surface area contributed by atoms with Gasteiger partial charge in [-0.05, 0) is 24.3 Å². The Balaban J connectivity index is 2.92. The molecule has 0 unspecified atom stereocenters. The monoisotopic (exact) mass is 195 g/mol. The molecule has 68 valence electrons. The molecule has 1 aromatic rings. The molecule has 0 bridgehead atoms. The molecule has 0 aliphatic heterocycles. The van der Waals surface area contributed by atoms with E-state index < -0.39 is 0 Å². The number of ether oxygens (including phenoxy) is 1. The number of Topliss-reactive ketones (excluding diaryl/α,β-unsaturated/α-hetero) is 1. The number of carbonyl (C=O) groups is 1. The van der Waals surface area contributed by atoms with Crippen molar-refractivity contribution in [1.29, 1.82) is 0 Å². The molecule has 0 aliphatic carbocycles. The van der Waals surface area contributed by atoms with E-state index >= 15 is 0 Å². The summed E-state index contributed by atoms with van der Waals surface area (Å²) in [6.07, 6.45) is 0. The highest BCUT2D eigenvalue weighted by atomic mass is 32.1. The van der Waals surface area contributed by atoms with E-state index in [-0.39, 0.29) is 10.8 Å². The van der Waals surface area contributed by atoms with Gasteiger partial charge in [-0.3, -0.25) is 4.79 Å². The maximum atomic E-state index is 11.2. The molecule has 4 heteroatoms. The van der Waals surface area contributed by atoms with Gasteiger partial charge in [0.1, 0.15) is 10.7 Å². The van der Waals surface area contributed by atoms with Crippen molar-refractivity contribution in [3.63, 3.8) is 0 Å². The lowest BCUT2D eigenvalue weighted by molar-refractivity contribution is 0.106. The summed E-state index contributed by atoms with van der Waals surface area (Å²) in [5.74, 6) is 0.372. The smallest absolute Gasteiger partial charge is 0.219 e. The van der Waals surface area contributed by atoms with Crippen molar-refractivity contribution in [2.75, 3.05) is 7.11 Å². The Morgan fingerprint density at radius 1 is 1.38 bits per heavy atom. The molecule has 0 fully saturated rings. The van der Waals surface area contributed by atoms with Crippen LogP contribution in [0.3, 0.4) is 0 Å². The summed E-state index contributed by atoms with van der Waals surface area (Å²) in [5.41, 5.74) is 5.67. The highest BCUT2D eigenvalue weighted by Crippen LogP contribution is 2.11. The Labute approximate surface area is 81.5 Å². The fourth-order valence-electron chi connectivity index (χ4n) is 0.885. The van der Waals surface area contributed by atoms with Crippen LogP contribution in [0.2, 0.25) is 0 Å². The molecule has 1 aromatic carbocycles. The molecule has 0 amide bonds. The summed E-state index contributed by atoms with van der Waals surface area (Å²) in [5, 5.41) is 0. The maximum Gasteiger partial charge on any atom is 0.219 e. The normalized spacial score (nSPS) is 9.31. The first kappa shape index (κ1) is 9.67. The van der Waals surface area contributed by atoms with Crippen molar-refractivity contribution in [2.24, 2.45) is 5.73 Å². The number of benzene rings is 1. The topological polar surface area (TPSA) is 52.3 Å². The average molecular weight is 195 g/mol. The van der Waals surface area contributed by atoms with Crippen LogP contribution < -0.4 is 10.5 Å². The van der Waals surface area contributed by atoms with Crippen molar-refractivity contribution in [2.45, 2.75) is 0 Å². The minimum Gasteiger partial charge on any atom is -0.497 e. The minimum absolute atomic E-state index is 0.120. The molecular weight excluding hydrogens is 186 g/mol. The summed E-state index contributed by atoms with van der Waals surface area (Å²) in [6, 6.07) is 6.62. The summed E-state index contributed by atoms with van der Waals surface area (Å²) in [6.45, 7) is 0. The van der Waals surface area contributed by atoms with E-state index in [2.05, 4.69) is 12.2 Å². The maximum absolute atomic E-state index is 11.2. The fraction of sp³-hybridized carbons (Fsp3) is 0.111. The Hall–Kier alpha value is -1.42. The fourth-order valence-corrected chi connectivity index (χ4v) is 1.00. The van der Waals surface area contributed by atoms with Gasteiger partial charge in [-0.1, -0.05) is 12.2 Å². The van der Waals surface area contributed by atoms with Crippen LogP contribution in [-0.2, 0) is 0 Å². The van der Waals surface area contributed by atoms with Gasteiger partial charge >= 0.3 is 0 Å². The second-order valence-electron chi connectivity index (χ2n) is 2.42. The number of nitrogens with two attached hydrogens (primary N) is 1. The molecule has 0 atom stereocenters. The molecule has 0 aromatic heterocycles. The van der Waals surface area contributed by atoms with E-state index in [0.29, 0.717) is 11.3 Å². The predicted octanol–water partition coefficient (Wildman–Crippen LogP) is 1.16. The van der Waals surface area contributed by atoms with Crippen LogP contribution in [0.1, 0.15) is 10.4 Å². The van der Waals surface area contributed by atoms with Gasteiger partial charge < -0.3 is 10.5 Å². The second-order valence-corrected chi connectivity index (χ2v) is 2.86. The third-order valence-corrected chi connectivity index (χ3v) is 1.76. The van der Waals surface area contributed by atoms with Crippen molar-refractivity contribution >= 4 is 23.0 Å². The summed E-state index contributed by atoms with van der Waals surface area (Å²) >= 11 is 4.56. The van der Waals surface area contributed by atoms with Gasteiger partial charge in [-0.25, -0.2) is 0 Å². The van der Waals surface area contributed by atoms with Crippen LogP contribution in [0, 0.1) is 0 Å². The summed E-state index contributed by atoms with van der Waals surface area (Å²) < 4.78 is 4.93. The molecule has 0 spiro atoms. The summed E-state index contributed by atoms with van der Waals surface area (Å²) in [4.78, 5) is 11.1. The summed E-state index contributed by atoms with van der Waals surface area (Å²) in [7, 11) is 1.56. The van der Waals surface area contributed by atoms with Gasteiger partial charge in [0.05, 0.1) is 7.11 Å². The Morgan fingerprint density at radius 2 is 1.92 bits per heavy atom. The molecule has 13 heavy (non-hydrogen) atoms. The van der Waals surface area contributed by atoms with Gasteiger partial charge in [-0.2, -0.15) is 0 Å². The highest BCUT2D eigenvalue weighted by molar-refractivity contribution is 7.82. The van der Waals surface area contributed by atoms with Crippen LogP contribution >= 0.6 is 12.2 Å². The Bertz CT molecular complexity index is 332. The van der Waals surface area contributed by atoms with Crippen molar-refractivity contribution in [3.8, 4) is 5.75 Å². The standard InChI is InChI=1S/C9H9NO2S/c1-12-7-4-2-6(3-5-7)8(11)9(10)13/h2-5H,1H3,(H2,10,13). The first-order valence-electron chi connectivity index (χ1n) is 3.63. The Kier molecular flexibility index (Phi) is 2.97. The molecule has 1 rings (SSSR count). The van der Waals surface area contributed by atoms with Gasteiger partial charge in [0.25, 0.3) is 0 Å². The third kappa shape index (κ3) is 2.26. The first-order chi connectivity index (χ1) is 6.15. The molecule has 0 aliphatic rings. The molecular formula is C9H9NO2S. The lowest BCUT2D eigenvalue weighted by Gasteiger charge is -2.00. The van der Waals surface area contributed by atoms with E-state index in [1.54, 1.807) is 31.4 Å². The SMILES string of the molecule is COc1ccc(C(=O)C(N)=S)cc1. The number of ketones is 1. The highest BCUT2D eigenvalue weighted by Gasteiger charge is 2.07. The second kappa shape index (κ2) is 4.00. The van der Waals surface area contributed by atoms with E-state index in [0.717, 1.165) is 0 Å². The van der Waals surface area contributed by atoms with Crippen LogP contribution in [0.4, 0.5) is 0 Å². The number of methoxy groups -OCH3 is 1. The quantitative estimate of drug-likeness (QED) is 0.581.